The van der Waals surface area contributed by atoms with E-state index in [0.29, 0.717) is 25.1 Å². The van der Waals surface area contributed by atoms with Gasteiger partial charge in [-0.15, -0.1) is 0 Å². The molecule has 0 aliphatic carbocycles. The zero-order valence-electron chi connectivity index (χ0n) is 15.5. The summed E-state index contributed by atoms with van der Waals surface area (Å²) in [5.74, 6) is 0.260. The fraction of sp³-hybridized carbons (Fsp3) is 0.381. The summed E-state index contributed by atoms with van der Waals surface area (Å²) in [5, 5.41) is 3.13. The molecule has 144 valence electrons. The molecule has 0 bridgehead atoms. The average molecular weight is 373 g/mol. The summed E-state index contributed by atoms with van der Waals surface area (Å²) >= 11 is 0. The number of rotatable bonds is 6. The number of halogens is 2. The second-order valence-corrected chi connectivity index (χ2v) is 6.74. The number of hydrogen-bond acceptors (Lipinski definition) is 2. The first-order chi connectivity index (χ1) is 13.2. The predicted molar refractivity (Wildman–Crippen MR) is 102 cm³/mol. The van der Waals surface area contributed by atoms with Gasteiger partial charge in [-0.1, -0.05) is 30.3 Å². The van der Waals surface area contributed by atoms with E-state index in [-0.39, 0.29) is 12.1 Å². The van der Waals surface area contributed by atoms with Gasteiger partial charge in [0, 0.05) is 38.2 Å². The molecular weight excluding hydrogens is 348 g/mol. The first-order valence-corrected chi connectivity index (χ1v) is 9.17. The third-order valence-electron chi connectivity index (χ3n) is 4.71. The van der Waals surface area contributed by atoms with Crippen LogP contribution < -0.4 is 5.32 Å². The molecular formula is C21H25F2N3O. The second kappa shape index (κ2) is 9.46. The van der Waals surface area contributed by atoms with Crippen molar-refractivity contribution < 1.29 is 13.5 Å². The molecule has 1 atom stereocenters. The standard InChI is InChI=1S/C21H25F2N3O/c1-24-21(25-12-18-11-19(22)7-8-20(18)23)26-10-9-17(13-26)15-27-14-16-5-3-2-4-6-16/h2-8,11,17H,9-10,12-15H2,1H3,(H,24,25). The Bertz CT molecular complexity index is 767. The lowest BCUT2D eigenvalue weighted by Gasteiger charge is -2.22. The Kier molecular flexibility index (Phi) is 6.76. The van der Waals surface area contributed by atoms with Crippen LogP contribution in [0.25, 0.3) is 0 Å². The van der Waals surface area contributed by atoms with Crippen LogP contribution in [0.15, 0.2) is 53.5 Å². The fourth-order valence-electron chi connectivity index (χ4n) is 3.26. The summed E-state index contributed by atoms with van der Waals surface area (Å²) in [6, 6.07) is 13.6. The number of nitrogens with zero attached hydrogens (tertiary/aromatic N) is 2. The van der Waals surface area contributed by atoms with Gasteiger partial charge in [0.2, 0.25) is 0 Å². The van der Waals surface area contributed by atoms with Gasteiger partial charge in [-0.05, 0) is 30.2 Å². The molecule has 1 aliphatic heterocycles. The summed E-state index contributed by atoms with van der Waals surface area (Å²) in [7, 11) is 1.70. The maximum Gasteiger partial charge on any atom is 0.193 e. The smallest absolute Gasteiger partial charge is 0.193 e. The number of benzene rings is 2. The number of guanidine groups is 1. The summed E-state index contributed by atoms with van der Waals surface area (Å²) < 4.78 is 32.9. The van der Waals surface area contributed by atoms with Crippen LogP contribution in [0.4, 0.5) is 8.78 Å². The van der Waals surface area contributed by atoms with Gasteiger partial charge >= 0.3 is 0 Å². The SMILES string of the molecule is CN=C(NCc1cc(F)ccc1F)N1CCC(COCc2ccccc2)C1. The molecule has 1 unspecified atom stereocenters. The first-order valence-electron chi connectivity index (χ1n) is 9.17. The molecule has 2 aromatic carbocycles. The lowest BCUT2D eigenvalue weighted by molar-refractivity contribution is 0.0906. The molecule has 0 spiro atoms. The molecule has 1 saturated heterocycles. The van der Waals surface area contributed by atoms with Gasteiger partial charge in [0.15, 0.2) is 5.96 Å². The minimum Gasteiger partial charge on any atom is -0.376 e. The average Bonchev–Trinajstić information content (AvgIpc) is 3.14. The lowest BCUT2D eigenvalue weighted by atomic mass is 10.1. The van der Waals surface area contributed by atoms with Crippen molar-refractivity contribution in [3.63, 3.8) is 0 Å². The molecule has 0 aromatic heterocycles. The third kappa shape index (κ3) is 5.50. The zero-order valence-corrected chi connectivity index (χ0v) is 15.5. The molecule has 1 aliphatic rings. The lowest BCUT2D eigenvalue weighted by Crippen LogP contribution is -2.40. The molecule has 0 amide bonds. The van der Waals surface area contributed by atoms with E-state index in [1.807, 2.05) is 18.2 Å². The Balaban J connectivity index is 1.45. The van der Waals surface area contributed by atoms with E-state index in [9.17, 15) is 8.78 Å². The van der Waals surface area contributed by atoms with Crippen molar-refractivity contribution in [1.82, 2.24) is 10.2 Å². The Morgan fingerprint density at radius 2 is 2.04 bits per heavy atom. The van der Waals surface area contributed by atoms with E-state index >= 15 is 0 Å². The maximum absolute atomic E-state index is 13.8. The van der Waals surface area contributed by atoms with Crippen LogP contribution in [0.2, 0.25) is 0 Å². The van der Waals surface area contributed by atoms with Crippen molar-refractivity contribution in [3.8, 4) is 0 Å². The second-order valence-electron chi connectivity index (χ2n) is 6.74. The summed E-state index contributed by atoms with van der Waals surface area (Å²) in [4.78, 5) is 6.41. The van der Waals surface area contributed by atoms with Gasteiger partial charge in [0.1, 0.15) is 11.6 Å². The molecule has 3 rings (SSSR count). The van der Waals surface area contributed by atoms with Gasteiger partial charge in [0.25, 0.3) is 0 Å². The Hall–Kier alpha value is -2.47. The van der Waals surface area contributed by atoms with Crippen molar-refractivity contribution in [2.75, 3.05) is 26.7 Å². The minimum absolute atomic E-state index is 0.196. The normalized spacial score (nSPS) is 17.4. The van der Waals surface area contributed by atoms with E-state index in [4.69, 9.17) is 4.74 Å². The highest BCUT2D eigenvalue weighted by Gasteiger charge is 2.25. The van der Waals surface area contributed by atoms with Crippen molar-refractivity contribution in [1.29, 1.82) is 0 Å². The highest BCUT2D eigenvalue weighted by Crippen LogP contribution is 2.18. The van der Waals surface area contributed by atoms with Crippen molar-refractivity contribution in [2.45, 2.75) is 19.6 Å². The fourth-order valence-corrected chi connectivity index (χ4v) is 3.26. The molecule has 2 aromatic rings. The van der Waals surface area contributed by atoms with Crippen molar-refractivity contribution >= 4 is 5.96 Å². The van der Waals surface area contributed by atoms with Crippen LogP contribution in [-0.2, 0) is 17.9 Å². The van der Waals surface area contributed by atoms with Crippen molar-refractivity contribution in [2.24, 2.45) is 10.9 Å². The zero-order chi connectivity index (χ0) is 19.1. The quantitative estimate of drug-likeness (QED) is 0.621. The van der Waals surface area contributed by atoms with E-state index < -0.39 is 11.6 Å². The Morgan fingerprint density at radius 1 is 1.22 bits per heavy atom. The molecule has 6 heteroatoms. The first kappa shape index (κ1) is 19.3. The van der Waals surface area contributed by atoms with Gasteiger partial charge in [-0.2, -0.15) is 0 Å². The number of hydrogen-bond donors (Lipinski definition) is 1. The number of likely N-dealkylation sites (tertiary alicyclic amines) is 1. The van der Waals surface area contributed by atoms with Gasteiger partial charge in [-0.3, -0.25) is 4.99 Å². The molecule has 1 N–H and O–H groups in total. The number of aliphatic imine (C=N–C) groups is 1. The molecule has 27 heavy (non-hydrogen) atoms. The Labute approximate surface area is 158 Å². The third-order valence-corrected chi connectivity index (χ3v) is 4.71. The van der Waals surface area contributed by atoms with Gasteiger partial charge in [-0.25, -0.2) is 8.78 Å². The van der Waals surface area contributed by atoms with E-state index in [1.165, 1.54) is 11.6 Å². The van der Waals surface area contributed by atoms with Gasteiger partial charge < -0.3 is 15.0 Å². The molecule has 4 nitrogen and oxygen atoms in total. The van der Waals surface area contributed by atoms with Crippen LogP contribution in [0, 0.1) is 17.6 Å². The number of ether oxygens (including phenoxy) is 1. The topological polar surface area (TPSA) is 36.9 Å². The van der Waals surface area contributed by atoms with E-state index in [1.54, 1.807) is 7.05 Å². The number of nitrogens with one attached hydrogen (secondary N) is 1. The molecule has 0 radical (unpaired) electrons. The van der Waals surface area contributed by atoms with Gasteiger partial charge in [0.05, 0.1) is 13.2 Å². The maximum atomic E-state index is 13.8. The highest BCUT2D eigenvalue weighted by molar-refractivity contribution is 5.80. The van der Waals surface area contributed by atoms with Crippen LogP contribution in [0.1, 0.15) is 17.5 Å². The Morgan fingerprint density at radius 3 is 2.81 bits per heavy atom. The van der Waals surface area contributed by atoms with E-state index in [0.717, 1.165) is 31.6 Å². The van der Waals surface area contributed by atoms with E-state index in [2.05, 4.69) is 27.3 Å². The molecule has 0 saturated carbocycles. The van der Waals surface area contributed by atoms with Crippen LogP contribution >= 0.6 is 0 Å². The largest absolute Gasteiger partial charge is 0.376 e. The molecule has 1 fully saturated rings. The predicted octanol–water partition coefficient (Wildman–Crippen LogP) is 3.58. The summed E-state index contributed by atoms with van der Waals surface area (Å²) in [6.45, 7) is 3.21. The monoisotopic (exact) mass is 373 g/mol. The minimum atomic E-state index is -0.444. The highest BCUT2D eigenvalue weighted by atomic mass is 19.1. The van der Waals surface area contributed by atoms with Crippen molar-refractivity contribution in [3.05, 3.63) is 71.3 Å². The van der Waals surface area contributed by atoms with Crippen LogP contribution in [-0.4, -0.2) is 37.6 Å². The molecule has 1 heterocycles. The summed E-state index contributed by atoms with van der Waals surface area (Å²) in [6.07, 6.45) is 1.02. The van der Waals surface area contributed by atoms with Crippen LogP contribution in [0.5, 0.6) is 0 Å². The van der Waals surface area contributed by atoms with Crippen LogP contribution in [0.3, 0.4) is 0 Å². The summed E-state index contributed by atoms with van der Waals surface area (Å²) in [5.41, 5.74) is 1.46.